The van der Waals surface area contributed by atoms with Crippen LogP contribution in [0.25, 0.3) is 22.3 Å². The molecule has 0 bridgehead atoms. The number of nitrogens with zero attached hydrogens (tertiary/aromatic N) is 4. The van der Waals surface area contributed by atoms with Crippen LogP contribution in [0.3, 0.4) is 0 Å². The smallest absolute Gasteiger partial charge is 0.233 e. The van der Waals surface area contributed by atoms with E-state index in [1.807, 2.05) is 0 Å². The lowest BCUT2D eigenvalue weighted by atomic mass is 9.80. The van der Waals surface area contributed by atoms with Crippen LogP contribution in [0.2, 0.25) is 0 Å². The van der Waals surface area contributed by atoms with E-state index in [1.165, 1.54) is 70.2 Å². The minimum Gasteiger partial charge on any atom is -0.388 e. The van der Waals surface area contributed by atoms with Crippen molar-refractivity contribution in [3.05, 3.63) is 165 Å². The molecule has 14 rings (SSSR count). The maximum atomic E-state index is 15.6. The van der Waals surface area contributed by atoms with Gasteiger partial charge in [0, 0.05) is 60.2 Å². The largest absolute Gasteiger partial charge is 0.388 e. The first-order valence-corrected chi connectivity index (χ1v) is 25.2. The monoisotopic (exact) mass is 870 g/mol. The molecule has 4 heterocycles. The highest BCUT2D eigenvalue weighted by Crippen LogP contribution is 2.55. The van der Waals surface area contributed by atoms with Gasteiger partial charge in [0.15, 0.2) is 0 Å². The molecule has 332 valence electrons. The van der Waals surface area contributed by atoms with Crippen LogP contribution in [0.1, 0.15) is 174 Å². The number of carbonyl (C=O) groups is 1. The summed E-state index contributed by atoms with van der Waals surface area (Å²) in [5.41, 5.74) is 16.9. The van der Waals surface area contributed by atoms with E-state index < -0.39 is 12.2 Å². The highest BCUT2D eigenvalue weighted by atomic mass is 16.3. The standard InChI is InChI=1S/C59H58N4O3/c64-53-31-58(47-19-17-39(29-45(47)53)43-7-3-1-5-41(43)35-9-10-35)25-27-62(33-58)51-23-21-49(37-13-14-37)60-55(51)57(66)56-52(24-22-50(61-56)38-15-16-38)63-28-26-59(34-63)32-54(65)46-30-40(18-20-48(46)59)44-8-4-2-6-42(44)36-11-12-36/h1-8,17-24,29-30,35-38,53-54,64-65H,9-16,25-28,31-34H2/t53-,54-,58+,59+/m0/s1. The van der Waals surface area contributed by atoms with Crippen LogP contribution >= 0.6 is 0 Å². The number of aliphatic hydroxyl groups is 2. The molecule has 4 saturated carbocycles. The quantitative estimate of drug-likeness (QED) is 0.133. The predicted molar refractivity (Wildman–Crippen MR) is 260 cm³/mol. The molecule has 2 N–H and O–H groups in total. The molecule has 2 aromatic heterocycles. The van der Waals surface area contributed by atoms with Crippen LogP contribution in [0.15, 0.2) is 109 Å². The number of carbonyl (C=O) groups excluding carboxylic acids is 1. The summed E-state index contributed by atoms with van der Waals surface area (Å²) >= 11 is 0. The second-order valence-electron chi connectivity index (χ2n) is 21.8. The highest BCUT2D eigenvalue weighted by molar-refractivity contribution is 6.13. The molecule has 7 heteroatoms. The Labute approximate surface area is 388 Å². The van der Waals surface area contributed by atoms with Crippen LogP contribution in [-0.4, -0.2) is 52.1 Å². The van der Waals surface area contributed by atoms with E-state index in [4.69, 9.17) is 9.97 Å². The molecule has 2 aliphatic heterocycles. The zero-order valence-corrected chi connectivity index (χ0v) is 37.8. The second-order valence-corrected chi connectivity index (χ2v) is 21.8. The normalized spacial score (nSPS) is 26.5. The number of anilines is 2. The van der Waals surface area contributed by atoms with E-state index in [0.29, 0.717) is 47.9 Å². The van der Waals surface area contributed by atoms with E-state index in [2.05, 4.69) is 119 Å². The zero-order chi connectivity index (χ0) is 43.9. The topological polar surface area (TPSA) is 89.8 Å². The summed E-state index contributed by atoms with van der Waals surface area (Å²) < 4.78 is 0. The molecule has 0 unspecified atom stereocenters. The Morgan fingerprint density at radius 3 is 1.35 bits per heavy atom. The van der Waals surface area contributed by atoms with Gasteiger partial charge in [-0.05, 0) is 181 Å². The molecule has 4 atom stereocenters. The maximum absolute atomic E-state index is 15.6. The Morgan fingerprint density at radius 1 is 0.500 bits per heavy atom. The van der Waals surface area contributed by atoms with Crippen molar-refractivity contribution in [2.45, 2.75) is 124 Å². The lowest BCUT2D eigenvalue weighted by Gasteiger charge is -2.28. The Morgan fingerprint density at radius 2 is 0.924 bits per heavy atom. The molecule has 2 spiro atoms. The number of pyridine rings is 2. The predicted octanol–water partition coefficient (Wildman–Crippen LogP) is 11.7. The van der Waals surface area contributed by atoms with Gasteiger partial charge in [0.25, 0.3) is 0 Å². The van der Waals surface area contributed by atoms with Gasteiger partial charge in [-0.15, -0.1) is 0 Å². The minimum atomic E-state index is -0.524. The van der Waals surface area contributed by atoms with Crippen molar-refractivity contribution in [3.63, 3.8) is 0 Å². The van der Waals surface area contributed by atoms with Gasteiger partial charge in [0.1, 0.15) is 11.4 Å². The first-order chi connectivity index (χ1) is 32.3. The van der Waals surface area contributed by atoms with Crippen LogP contribution in [0.5, 0.6) is 0 Å². The molecule has 8 aliphatic rings. The minimum absolute atomic E-state index is 0.0939. The van der Waals surface area contributed by atoms with Crippen molar-refractivity contribution in [2.75, 3.05) is 36.0 Å². The van der Waals surface area contributed by atoms with Crippen LogP contribution in [0, 0.1) is 0 Å². The molecule has 2 saturated heterocycles. The fourth-order valence-electron chi connectivity index (χ4n) is 13.2. The number of benzene rings is 4. The summed E-state index contributed by atoms with van der Waals surface area (Å²) in [6.45, 7) is 3.03. The SMILES string of the molecule is O=C(c1nc(C2CC2)ccc1N1CC[C@@]2(C[C@H](O)c3cc(-c4ccccc4C4CC4)ccc32)C1)c1nc(C2CC2)ccc1N1CC[C@@]2(C[C@H](O)c3cc(-c4ccccc4C4CC4)ccc32)C1. The van der Waals surface area contributed by atoms with Crippen molar-refractivity contribution in [1.82, 2.24) is 9.97 Å². The number of aliphatic hydroxyl groups excluding tert-OH is 2. The first kappa shape index (κ1) is 39.5. The summed E-state index contributed by atoms with van der Waals surface area (Å²) in [6.07, 6.45) is 11.6. The lowest BCUT2D eigenvalue weighted by Crippen LogP contribution is -2.31. The van der Waals surface area contributed by atoms with Gasteiger partial charge in [-0.1, -0.05) is 72.8 Å². The summed E-state index contributed by atoms with van der Waals surface area (Å²) in [5.74, 6) is 1.99. The number of hydrogen-bond donors (Lipinski definition) is 2. The van der Waals surface area contributed by atoms with Crippen LogP contribution < -0.4 is 9.80 Å². The van der Waals surface area contributed by atoms with Crippen molar-refractivity contribution in [3.8, 4) is 22.3 Å². The summed E-state index contributed by atoms with van der Waals surface area (Å²) in [7, 11) is 0. The van der Waals surface area contributed by atoms with E-state index in [1.54, 1.807) is 0 Å². The maximum Gasteiger partial charge on any atom is 0.233 e. The molecule has 6 aromatic rings. The van der Waals surface area contributed by atoms with Crippen molar-refractivity contribution >= 4 is 17.2 Å². The van der Waals surface area contributed by atoms with Crippen LogP contribution in [0.4, 0.5) is 11.4 Å². The fourth-order valence-corrected chi connectivity index (χ4v) is 13.2. The molecular formula is C59H58N4O3. The van der Waals surface area contributed by atoms with Crippen molar-refractivity contribution in [2.24, 2.45) is 0 Å². The van der Waals surface area contributed by atoms with Gasteiger partial charge in [0.2, 0.25) is 5.78 Å². The third-order valence-corrected chi connectivity index (χ3v) is 17.3. The number of hydrogen-bond acceptors (Lipinski definition) is 7. The fraction of sp³-hybridized carbons (Fsp3) is 0.407. The Kier molecular flexibility index (Phi) is 8.79. The van der Waals surface area contributed by atoms with E-state index in [9.17, 15) is 10.2 Å². The third kappa shape index (κ3) is 6.47. The van der Waals surface area contributed by atoms with Gasteiger partial charge in [-0.3, -0.25) is 4.79 Å². The number of aromatic nitrogens is 2. The van der Waals surface area contributed by atoms with Gasteiger partial charge >= 0.3 is 0 Å². The third-order valence-electron chi connectivity index (χ3n) is 17.3. The van der Waals surface area contributed by atoms with Gasteiger partial charge in [-0.2, -0.15) is 0 Å². The summed E-state index contributed by atoms with van der Waals surface area (Å²) in [6, 6.07) is 40.0. The average Bonchev–Trinajstić information content (AvgIpc) is 4.15. The Hall–Kier alpha value is -5.63. The molecule has 0 amide bonds. The van der Waals surface area contributed by atoms with Crippen LogP contribution in [-0.2, 0) is 10.8 Å². The van der Waals surface area contributed by atoms with E-state index >= 15 is 4.79 Å². The molecular weight excluding hydrogens is 813 g/mol. The molecule has 0 radical (unpaired) electrons. The molecule has 7 nitrogen and oxygen atoms in total. The van der Waals surface area contributed by atoms with Gasteiger partial charge < -0.3 is 20.0 Å². The first-order valence-electron chi connectivity index (χ1n) is 25.2. The van der Waals surface area contributed by atoms with E-state index in [0.717, 1.165) is 98.6 Å². The highest BCUT2D eigenvalue weighted by Gasteiger charge is 2.50. The number of fused-ring (bicyclic) bond motifs is 4. The molecule has 6 fully saturated rings. The molecule has 66 heavy (non-hydrogen) atoms. The zero-order valence-electron chi connectivity index (χ0n) is 37.8. The molecule has 6 aliphatic carbocycles. The van der Waals surface area contributed by atoms with Gasteiger partial charge in [-0.25, -0.2) is 9.97 Å². The average molecular weight is 871 g/mol. The van der Waals surface area contributed by atoms with E-state index in [-0.39, 0.29) is 16.6 Å². The Bertz CT molecular complexity index is 2780. The lowest BCUT2D eigenvalue weighted by molar-refractivity contribution is 0.103. The Balaban J connectivity index is 0.787. The summed E-state index contributed by atoms with van der Waals surface area (Å²) in [4.78, 5) is 30.9. The summed E-state index contributed by atoms with van der Waals surface area (Å²) in [5, 5.41) is 23.5. The van der Waals surface area contributed by atoms with Crippen molar-refractivity contribution in [1.29, 1.82) is 0 Å². The molecule has 4 aromatic carbocycles. The van der Waals surface area contributed by atoms with Crippen molar-refractivity contribution < 1.29 is 15.0 Å². The second kappa shape index (κ2) is 14.7. The van der Waals surface area contributed by atoms with Gasteiger partial charge in [0.05, 0.1) is 23.6 Å². The number of rotatable bonds is 10. The number of ketones is 1.